The van der Waals surface area contributed by atoms with Crippen molar-refractivity contribution in [3.63, 3.8) is 0 Å². The number of rotatable bonds is 4. The Bertz CT molecular complexity index is 511. The van der Waals surface area contributed by atoms with E-state index in [0.29, 0.717) is 5.75 Å². The van der Waals surface area contributed by atoms with Crippen LogP contribution in [-0.2, 0) is 5.60 Å². The third-order valence-electron chi connectivity index (χ3n) is 2.71. The molecule has 0 amide bonds. The summed E-state index contributed by atoms with van der Waals surface area (Å²) in [6, 6.07) is 17.4. The third kappa shape index (κ3) is 3.52. The molecule has 1 unspecified atom stereocenters. The Morgan fingerprint density at radius 1 is 1.11 bits per heavy atom. The van der Waals surface area contributed by atoms with E-state index < -0.39 is 5.60 Å². The average molecular weight is 279 g/mol. The van der Waals surface area contributed by atoms with Gasteiger partial charge in [0, 0.05) is 15.7 Å². The van der Waals surface area contributed by atoms with Gasteiger partial charge in [-0.1, -0.05) is 48.0 Å². The topological polar surface area (TPSA) is 20.2 Å². The summed E-state index contributed by atoms with van der Waals surface area (Å²) in [6.07, 6.45) is 0. The zero-order valence-electron chi connectivity index (χ0n) is 10.1. The highest BCUT2D eigenvalue weighted by Crippen LogP contribution is 2.30. The standard InChI is InChI=1S/C15H15ClOS/c1-15(17,12-6-3-2-4-7-12)11-18-14-9-5-8-13(16)10-14/h2-10,17H,11H2,1H3. The van der Waals surface area contributed by atoms with Crippen LogP contribution >= 0.6 is 23.4 Å². The van der Waals surface area contributed by atoms with E-state index in [1.807, 2.05) is 61.5 Å². The number of hydrogen-bond donors (Lipinski definition) is 1. The Morgan fingerprint density at radius 3 is 2.50 bits per heavy atom. The molecule has 0 aliphatic rings. The highest BCUT2D eigenvalue weighted by Gasteiger charge is 2.22. The molecule has 0 saturated carbocycles. The second kappa shape index (κ2) is 5.79. The van der Waals surface area contributed by atoms with Crippen LogP contribution in [0, 0.1) is 0 Å². The molecule has 0 aromatic heterocycles. The summed E-state index contributed by atoms with van der Waals surface area (Å²) in [5.41, 5.74) is 0.0911. The van der Waals surface area contributed by atoms with Crippen molar-refractivity contribution in [3.05, 3.63) is 65.2 Å². The van der Waals surface area contributed by atoms with Crippen LogP contribution in [0.4, 0.5) is 0 Å². The highest BCUT2D eigenvalue weighted by molar-refractivity contribution is 7.99. The molecule has 1 N–H and O–H groups in total. The molecular formula is C15H15ClOS. The quantitative estimate of drug-likeness (QED) is 0.840. The summed E-state index contributed by atoms with van der Waals surface area (Å²) in [7, 11) is 0. The van der Waals surface area contributed by atoms with Gasteiger partial charge in [-0.05, 0) is 30.7 Å². The van der Waals surface area contributed by atoms with Gasteiger partial charge in [-0.2, -0.15) is 0 Å². The van der Waals surface area contributed by atoms with Crippen LogP contribution in [0.2, 0.25) is 5.02 Å². The first-order valence-corrected chi connectivity index (χ1v) is 7.10. The highest BCUT2D eigenvalue weighted by atomic mass is 35.5. The van der Waals surface area contributed by atoms with E-state index in [4.69, 9.17) is 11.6 Å². The molecule has 3 heteroatoms. The SMILES string of the molecule is CC(O)(CSc1cccc(Cl)c1)c1ccccc1. The molecular weight excluding hydrogens is 264 g/mol. The van der Waals surface area contributed by atoms with Gasteiger partial charge in [-0.3, -0.25) is 0 Å². The van der Waals surface area contributed by atoms with Crippen molar-refractivity contribution in [1.29, 1.82) is 0 Å². The molecule has 0 fully saturated rings. The fourth-order valence-electron chi connectivity index (χ4n) is 1.66. The van der Waals surface area contributed by atoms with E-state index in [2.05, 4.69) is 0 Å². The third-order valence-corrected chi connectivity index (χ3v) is 4.24. The van der Waals surface area contributed by atoms with Crippen LogP contribution in [0.1, 0.15) is 12.5 Å². The van der Waals surface area contributed by atoms with Crippen molar-refractivity contribution < 1.29 is 5.11 Å². The summed E-state index contributed by atoms with van der Waals surface area (Å²) in [5, 5.41) is 11.2. The lowest BCUT2D eigenvalue weighted by Gasteiger charge is -2.23. The monoisotopic (exact) mass is 278 g/mol. The van der Waals surface area contributed by atoms with E-state index in [1.54, 1.807) is 11.8 Å². The smallest absolute Gasteiger partial charge is 0.0962 e. The largest absolute Gasteiger partial charge is 0.385 e. The second-order valence-corrected chi connectivity index (χ2v) is 5.87. The maximum atomic E-state index is 10.5. The minimum Gasteiger partial charge on any atom is -0.385 e. The zero-order chi connectivity index (χ0) is 13.0. The van der Waals surface area contributed by atoms with Crippen molar-refractivity contribution in [2.24, 2.45) is 0 Å². The van der Waals surface area contributed by atoms with Crippen LogP contribution in [0.3, 0.4) is 0 Å². The molecule has 2 rings (SSSR count). The van der Waals surface area contributed by atoms with E-state index in [0.717, 1.165) is 15.5 Å². The average Bonchev–Trinajstić information content (AvgIpc) is 2.38. The van der Waals surface area contributed by atoms with Crippen LogP contribution in [0.15, 0.2) is 59.5 Å². The fraction of sp³-hybridized carbons (Fsp3) is 0.200. The Balaban J connectivity index is 2.05. The molecule has 0 saturated heterocycles. The maximum Gasteiger partial charge on any atom is 0.0962 e. The normalized spacial score (nSPS) is 14.2. The lowest BCUT2D eigenvalue weighted by molar-refractivity contribution is 0.0839. The van der Waals surface area contributed by atoms with Crippen LogP contribution in [0.5, 0.6) is 0 Å². The Morgan fingerprint density at radius 2 is 1.83 bits per heavy atom. The summed E-state index contributed by atoms with van der Waals surface area (Å²) in [6.45, 7) is 1.83. The van der Waals surface area contributed by atoms with Crippen molar-refractivity contribution in [2.75, 3.05) is 5.75 Å². The summed E-state index contributed by atoms with van der Waals surface area (Å²) < 4.78 is 0. The summed E-state index contributed by atoms with van der Waals surface area (Å²) in [4.78, 5) is 1.07. The van der Waals surface area contributed by atoms with E-state index in [-0.39, 0.29) is 0 Å². The first-order valence-electron chi connectivity index (χ1n) is 5.74. The number of halogens is 1. The first-order chi connectivity index (χ1) is 8.58. The number of hydrogen-bond acceptors (Lipinski definition) is 2. The van der Waals surface area contributed by atoms with Crippen molar-refractivity contribution >= 4 is 23.4 Å². The molecule has 94 valence electrons. The molecule has 0 spiro atoms. The predicted octanol–water partition coefficient (Wildman–Crippen LogP) is 4.34. The summed E-state index contributed by atoms with van der Waals surface area (Å²) in [5.74, 6) is 0.595. The lowest BCUT2D eigenvalue weighted by atomic mass is 9.99. The molecule has 0 heterocycles. The Hall–Kier alpha value is -0.960. The van der Waals surface area contributed by atoms with Gasteiger partial charge in [0.25, 0.3) is 0 Å². The fourth-order valence-corrected chi connectivity index (χ4v) is 2.92. The van der Waals surface area contributed by atoms with Gasteiger partial charge in [-0.25, -0.2) is 0 Å². The van der Waals surface area contributed by atoms with Gasteiger partial charge in [-0.15, -0.1) is 11.8 Å². The van der Waals surface area contributed by atoms with Crippen molar-refractivity contribution in [1.82, 2.24) is 0 Å². The van der Waals surface area contributed by atoms with Gasteiger partial charge in [0.15, 0.2) is 0 Å². The van der Waals surface area contributed by atoms with Gasteiger partial charge in [0.1, 0.15) is 0 Å². The van der Waals surface area contributed by atoms with Gasteiger partial charge in [0.05, 0.1) is 5.60 Å². The van der Waals surface area contributed by atoms with Gasteiger partial charge in [0.2, 0.25) is 0 Å². The maximum absolute atomic E-state index is 10.5. The number of aliphatic hydroxyl groups is 1. The van der Waals surface area contributed by atoms with Gasteiger partial charge < -0.3 is 5.11 Å². The predicted molar refractivity (Wildman–Crippen MR) is 78.2 cm³/mol. The second-order valence-electron chi connectivity index (χ2n) is 4.39. The zero-order valence-corrected chi connectivity index (χ0v) is 11.7. The molecule has 0 aliphatic carbocycles. The first kappa shape index (κ1) is 13.5. The molecule has 0 aliphatic heterocycles. The molecule has 2 aromatic carbocycles. The lowest BCUT2D eigenvalue weighted by Crippen LogP contribution is -2.24. The number of benzene rings is 2. The van der Waals surface area contributed by atoms with E-state index in [1.165, 1.54) is 0 Å². The van der Waals surface area contributed by atoms with Gasteiger partial charge >= 0.3 is 0 Å². The van der Waals surface area contributed by atoms with Crippen LogP contribution in [0.25, 0.3) is 0 Å². The minimum atomic E-state index is -0.839. The van der Waals surface area contributed by atoms with Crippen molar-refractivity contribution in [3.8, 4) is 0 Å². The molecule has 1 atom stereocenters. The number of thioether (sulfide) groups is 1. The van der Waals surface area contributed by atoms with Crippen molar-refractivity contribution in [2.45, 2.75) is 17.4 Å². The molecule has 2 aromatic rings. The van der Waals surface area contributed by atoms with E-state index in [9.17, 15) is 5.11 Å². The van der Waals surface area contributed by atoms with Crippen LogP contribution in [-0.4, -0.2) is 10.9 Å². The molecule has 18 heavy (non-hydrogen) atoms. The molecule has 0 radical (unpaired) electrons. The molecule has 1 nitrogen and oxygen atoms in total. The van der Waals surface area contributed by atoms with E-state index >= 15 is 0 Å². The Kier molecular flexibility index (Phi) is 4.33. The molecule has 0 bridgehead atoms. The Labute approximate surface area is 117 Å². The van der Waals surface area contributed by atoms with Crippen LogP contribution < -0.4 is 0 Å². The summed E-state index contributed by atoms with van der Waals surface area (Å²) >= 11 is 7.54. The minimum absolute atomic E-state index is 0.595.